The second-order valence-electron chi connectivity index (χ2n) is 3.90. The summed E-state index contributed by atoms with van der Waals surface area (Å²) in [5, 5.41) is 0. The van der Waals surface area contributed by atoms with Crippen LogP contribution in [0.1, 0.15) is 32.6 Å². The molecule has 10 heavy (non-hydrogen) atoms. The van der Waals surface area contributed by atoms with Gasteiger partial charge in [0.25, 0.3) is 0 Å². The van der Waals surface area contributed by atoms with Gasteiger partial charge in [-0.15, -0.1) is 0 Å². The van der Waals surface area contributed by atoms with E-state index < -0.39 is 0 Å². The molecule has 2 rings (SSSR count). The van der Waals surface area contributed by atoms with Gasteiger partial charge in [0.1, 0.15) is 0 Å². The van der Waals surface area contributed by atoms with Gasteiger partial charge in [-0.2, -0.15) is 0 Å². The molecule has 0 N–H and O–H groups in total. The molecule has 1 aliphatic carbocycles. The predicted octanol–water partition coefficient (Wildman–Crippen LogP) is 2.21. The first-order chi connectivity index (χ1) is 4.86. The molecular weight excluding hydrogens is 124 g/mol. The topological polar surface area (TPSA) is 12.5 Å². The Bertz CT molecular complexity index is 118. The molecule has 3 atom stereocenters. The third-order valence-electron chi connectivity index (χ3n) is 2.86. The number of hydrogen-bond donors (Lipinski definition) is 0. The lowest BCUT2D eigenvalue weighted by Gasteiger charge is -2.24. The van der Waals surface area contributed by atoms with E-state index in [0.29, 0.717) is 6.10 Å². The summed E-state index contributed by atoms with van der Waals surface area (Å²) in [6.45, 7) is 3.42. The molecule has 58 valence electrons. The van der Waals surface area contributed by atoms with Gasteiger partial charge in [-0.1, -0.05) is 19.8 Å². The second-order valence-corrected chi connectivity index (χ2v) is 3.90. The van der Waals surface area contributed by atoms with Crippen LogP contribution in [0.25, 0.3) is 0 Å². The number of rotatable bonds is 1. The maximum Gasteiger partial charge on any atom is 0.0838 e. The Labute approximate surface area is 62.8 Å². The zero-order chi connectivity index (χ0) is 6.97. The molecule has 1 nitrogen and oxygen atoms in total. The molecule has 1 heteroatoms. The standard InChI is InChI=1S/C9H16O/c1-7-3-2-4-8(5-7)9-6-10-9/h7-9H,2-6H2,1H3/t7-,8+,9+/m0/s1. The molecule has 1 saturated heterocycles. The molecule has 0 unspecified atom stereocenters. The highest BCUT2D eigenvalue weighted by atomic mass is 16.6. The van der Waals surface area contributed by atoms with E-state index in [-0.39, 0.29) is 0 Å². The quantitative estimate of drug-likeness (QED) is 0.509. The summed E-state index contributed by atoms with van der Waals surface area (Å²) >= 11 is 0. The van der Waals surface area contributed by atoms with Crippen molar-refractivity contribution in [1.82, 2.24) is 0 Å². The van der Waals surface area contributed by atoms with Crippen molar-refractivity contribution in [3.63, 3.8) is 0 Å². The van der Waals surface area contributed by atoms with Crippen molar-refractivity contribution < 1.29 is 4.74 Å². The summed E-state index contributed by atoms with van der Waals surface area (Å²) in [5.41, 5.74) is 0. The first-order valence-corrected chi connectivity index (χ1v) is 4.48. The van der Waals surface area contributed by atoms with E-state index in [1.165, 1.54) is 25.7 Å². The van der Waals surface area contributed by atoms with Crippen LogP contribution in [0.3, 0.4) is 0 Å². The van der Waals surface area contributed by atoms with Crippen molar-refractivity contribution in [2.75, 3.05) is 6.61 Å². The van der Waals surface area contributed by atoms with Crippen molar-refractivity contribution in [1.29, 1.82) is 0 Å². The minimum atomic E-state index is 0.669. The molecule has 0 radical (unpaired) electrons. The molecule has 0 aromatic rings. The fourth-order valence-corrected chi connectivity index (χ4v) is 2.15. The Balaban J connectivity index is 1.84. The van der Waals surface area contributed by atoms with Crippen molar-refractivity contribution in [2.24, 2.45) is 11.8 Å². The van der Waals surface area contributed by atoms with Crippen molar-refractivity contribution in [2.45, 2.75) is 38.7 Å². The Hall–Kier alpha value is -0.0400. The smallest absolute Gasteiger partial charge is 0.0838 e. The summed E-state index contributed by atoms with van der Waals surface area (Å²) < 4.78 is 5.30. The van der Waals surface area contributed by atoms with Crippen molar-refractivity contribution >= 4 is 0 Å². The van der Waals surface area contributed by atoms with Gasteiger partial charge >= 0.3 is 0 Å². The molecule has 1 aliphatic heterocycles. The lowest BCUT2D eigenvalue weighted by atomic mass is 9.81. The van der Waals surface area contributed by atoms with Gasteiger partial charge in [-0.3, -0.25) is 0 Å². The average molecular weight is 140 g/mol. The van der Waals surface area contributed by atoms with Crippen LogP contribution < -0.4 is 0 Å². The van der Waals surface area contributed by atoms with E-state index in [9.17, 15) is 0 Å². The summed E-state index contributed by atoms with van der Waals surface area (Å²) in [5.74, 6) is 1.88. The highest BCUT2D eigenvalue weighted by Gasteiger charge is 2.34. The number of hydrogen-bond acceptors (Lipinski definition) is 1. The predicted molar refractivity (Wildman–Crippen MR) is 40.9 cm³/mol. The Morgan fingerprint density at radius 3 is 2.70 bits per heavy atom. The van der Waals surface area contributed by atoms with Gasteiger partial charge in [0.15, 0.2) is 0 Å². The van der Waals surface area contributed by atoms with Crippen LogP contribution in [-0.2, 0) is 4.74 Å². The van der Waals surface area contributed by atoms with Crippen LogP contribution in [0.4, 0.5) is 0 Å². The zero-order valence-corrected chi connectivity index (χ0v) is 6.68. The second kappa shape index (κ2) is 2.54. The van der Waals surface area contributed by atoms with E-state index in [1.807, 2.05) is 0 Å². The van der Waals surface area contributed by atoms with E-state index in [1.54, 1.807) is 0 Å². The van der Waals surface area contributed by atoms with Gasteiger partial charge in [0.05, 0.1) is 12.7 Å². The maximum absolute atomic E-state index is 5.30. The normalized spacial score (nSPS) is 47.1. The Morgan fingerprint density at radius 2 is 2.10 bits per heavy atom. The largest absolute Gasteiger partial charge is 0.373 e. The molecule has 0 spiro atoms. The molecule has 0 amide bonds. The van der Waals surface area contributed by atoms with Gasteiger partial charge in [0.2, 0.25) is 0 Å². The van der Waals surface area contributed by atoms with Gasteiger partial charge in [0, 0.05) is 0 Å². The first kappa shape index (κ1) is 6.66. The first-order valence-electron chi connectivity index (χ1n) is 4.48. The van der Waals surface area contributed by atoms with Crippen molar-refractivity contribution in [3.05, 3.63) is 0 Å². The monoisotopic (exact) mass is 140 g/mol. The Morgan fingerprint density at radius 1 is 1.30 bits per heavy atom. The summed E-state index contributed by atoms with van der Waals surface area (Å²) in [6, 6.07) is 0. The fourth-order valence-electron chi connectivity index (χ4n) is 2.15. The van der Waals surface area contributed by atoms with E-state index in [2.05, 4.69) is 6.92 Å². The minimum Gasteiger partial charge on any atom is -0.373 e. The summed E-state index contributed by atoms with van der Waals surface area (Å²) in [7, 11) is 0. The SMILES string of the molecule is C[C@H]1CCC[C@@H]([C@H]2CO2)C1. The van der Waals surface area contributed by atoms with Crippen molar-refractivity contribution in [3.8, 4) is 0 Å². The lowest BCUT2D eigenvalue weighted by molar-refractivity contribution is 0.225. The minimum absolute atomic E-state index is 0.669. The zero-order valence-electron chi connectivity index (χ0n) is 6.68. The highest BCUT2D eigenvalue weighted by Crippen LogP contribution is 2.35. The summed E-state index contributed by atoms with van der Waals surface area (Å²) in [6.07, 6.45) is 6.40. The van der Waals surface area contributed by atoms with Crippen LogP contribution in [0, 0.1) is 11.8 Å². The lowest BCUT2D eigenvalue weighted by Crippen LogP contribution is -2.17. The van der Waals surface area contributed by atoms with Crippen LogP contribution in [0.5, 0.6) is 0 Å². The molecule has 1 heterocycles. The molecule has 0 bridgehead atoms. The van der Waals surface area contributed by atoms with Gasteiger partial charge < -0.3 is 4.74 Å². The molecule has 2 aliphatic rings. The highest BCUT2D eigenvalue weighted by molar-refractivity contribution is 4.83. The van der Waals surface area contributed by atoms with E-state index in [0.717, 1.165) is 18.4 Å². The van der Waals surface area contributed by atoms with Crippen LogP contribution in [0.2, 0.25) is 0 Å². The Kier molecular flexibility index (Phi) is 1.69. The third kappa shape index (κ3) is 1.34. The van der Waals surface area contributed by atoms with Gasteiger partial charge in [-0.25, -0.2) is 0 Å². The maximum atomic E-state index is 5.30. The number of ether oxygens (including phenoxy) is 1. The average Bonchev–Trinajstić information content (AvgIpc) is 2.68. The fraction of sp³-hybridized carbons (Fsp3) is 1.00. The molecule has 1 saturated carbocycles. The van der Waals surface area contributed by atoms with Crippen LogP contribution >= 0.6 is 0 Å². The molecule has 0 aromatic heterocycles. The third-order valence-corrected chi connectivity index (χ3v) is 2.86. The van der Waals surface area contributed by atoms with Crippen LogP contribution in [0.15, 0.2) is 0 Å². The molecular formula is C9H16O. The molecule has 2 fully saturated rings. The van der Waals surface area contributed by atoms with E-state index >= 15 is 0 Å². The van der Waals surface area contributed by atoms with Crippen LogP contribution in [-0.4, -0.2) is 12.7 Å². The molecule has 0 aromatic carbocycles. The number of epoxide rings is 1. The van der Waals surface area contributed by atoms with E-state index in [4.69, 9.17) is 4.74 Å². The van der Waals surface area contributed by atoms with Gasteiger partial charge in [-0.05, 0) is 24.7 Å². The summed E-state index contributed by atoms with van der Waals surface area (Å²) in [4.78, 5) is 0.